The number of amides is 1. The van der Waals surface area contributed by atoms with Crippen LogP contribution < -0.4 is 10.9 Å². The third-order valence-electron chi connectivity index (χ3n) is 5.70. The Hall–Kier alpha value is -3.00. The fourth-order valence-electron chi connectivity index (χ4n) is 3.88. The first-order chi connectivity index (χ1) is 14.9. The lowest BCUT2D eigenvalue weighted by Gasteiger charge is -2.15. The molecule has 0 bridgehead atoms. The van der Waals surface area contributed by atoms with E-state index in [4.69, 9.17) is 4.74 Å². The van der Waals surface area contributed by atoms with E-state index in [1.54, 1.807) is 11.5 Å². The number of esters is 1. The zero-order valence-electron chi connectivity index (χ0n) is 17.9. The molecule has 0 radical (unpaired) electrons. The number of carbonyl (C=O) groups is 2. The van der Waals surface area contributed by atoms with E-state index >= 15 is 0 Å². The van der Waals surface area contributed by atoms with E-state index in [9.17, 15) is 14.4 Å². The standard InChI is InChI=1S/C23H25N3O4S/c1-4-15-7-9-16(10-8-15)14(3)24-18(27)12-30-23(29)20-13(2)19-21(31-20)25-17-6-5-11-26(17)22(19)28/h7-10,14H,4-6,11-12H2,1-3H3,(H,24,27). The van der Waals surface area contributed by atoms with Crippen LogP contribution in [0.1, 0.15) is 58.5 Å². The molecule has 0 spiro atoms. The molecule has 3 heterocycles. The van der Waals surface area contributed by atoms with Crippen LogP contribution in [0.5, 0.6) is 0 Å². The Bertz CT molecular complexity index is 1210. The number of aromatic nitrogens is 2. The summed E-state index contributed by atoms with van der Waals surface area (Å²) in [7, 11) is 0. The van der Waals surface area contributed by atoms with Crippen molar-refractivity contribution in [2.75, 3.05) is 6.61 Å². The minimum absolute atomic E-state index is 0.106. The number of nitrogens with one attached hydrogen (secondary N) is 1. The molecule has 3 aromatic rings. The lowest BCUT2D eigenvalue weighted by molar-refractivity contribution is -0.124. The maximum absolute atomic E-state index is 12.8. The van der Waals surface area contributed by atoms with Crippen molar-refractivity contribution < 1.29 is 14.3 Å². The van der Waals surface area contributed by atoms with Gasteiger partial charge >= 0.3 is 5.97 Å². The highest BCUT2D eigenvalue weighted by molar-refractivity contribution is 7.20. The number of hydrogen-bond donors (Lipinski definition) is 1. The number of thiophene rings is 1. The van der Waals surface area contributed by atoms with Gasteiger partial charge in [-0.05, 0) is 43.4 Å². The van der Waals surface area contributed by atoms with E-state index in [2.05, 4.69) is 17.2 Å². The smallest absolute Gasteiger partial charge is 0.349 e. The number of fused-ring (bicyclic) bond motifs is 2. The maximum atomic E-state index is 12.8. The molecule has 1 N–H and O–H groups in total. The predicted molar refractivity (Wildman–Crippen MR) is 120 cm³/mol. The Morgan fingerprint density at radius 3 is 2.74 bits per heavy atom. The first-order valence-electron chi connectivity index (χ1n) is 10.5. The molecule has 8 heteroatoms. The molecule has 1 atom stereocenters. The zero-order chi connectivity index (χ0) is 22.1. The summed E-state index contributed by atoms with van der Waals surface area (Å²) >= 11 is 1.15. The molecule has 0 aliphatic carbocycles. The number of hydrogen-bond acceptors (Lipinski definition) is 6. The molecule has 1 aliphatic rings. The first kappa shape index (κ1) is 21.2. The largest absolute Gasteiger partial charge is 0.451 e. The molecule has 31 heavy (non-hydrogen) atoms. The van der Waals surface area contributed by atoms with E-state index in [0.29, 0.717) is 27.2 Å². The molecule has 1 unspecified atom stereocenters. The Morgan fingerprint density at radius 2 is 2.03 bits per heavy atom. The predicted octanol–water partition coefficient (Wildman–Crippen LogP) is 3.31. The van der Waals surface area contributed by atoms with Gasteiger partial charge in [-0.15, -0.1) is 11.3 Å². The third kappa shape index (κ3) is 4.12. The van der Waals surface area contributed by atoms with Crippen molar-refractivity contribution in [3.05, 3.63) is 62.0 Å². The van der Waals surface area contributed by atoms with Crippen LogP contribution in [-0.4, -0.2) is 28.0 Å². The van der Waals surface area contributed by atoms with Crippen LogP contribution in [0.4, 0.5) is 0 Å². The van der Waals surface area contributed by atoms with E-state index in [1.165, 1.54) is 5.56 Å². The molecular weight excluding hydrogens is 414 g/mol. The summed E-state index contributed by atoms with van der Waals surface area (Å²) in [5.74, 6) is -0.226. The van der Waals surface area contributed by atoms with Gasteiger partial charge in [0.05, 0.1) is 11.4 Å². The normalized spacial score (nSPS) is 13.8. The first-order valence-corrected chi connectivity index (χ1v) is 11.3. The van der Waals surface area contributed by atoms with Gasteiger partial charge in [0.15, 0.2) is 6.61 Å². The second-order valence-electron chi connectivity index (χ2n) is 7.79. The molecule has 1 amide bonds. The van der Waals surface area contributed by atoms with Crippen molar-refractivity contribution in [2.45, 2.75) is 52.6 Å². The SMILES string of the molecule is CCc1ccc(C(C)NC(=O)COC(=O)c2sc3nc4n(c(=O)c3c2C)CCC4)cc1. The highest BCUT2D eigenvalue weighted by Gasteiger charge is 2.24. The summed E-state index contributed by atoms with van der Waals surface area (Å²) in [6.07, 6.45) is 2.63. The number of rotatable bonds is 6. The van der Waals surface area contributed by atoms with Gasteiger partial charge in [0.25, 0.3) is 11.5 Å². The van der Waals surface area contributed by atoms with Crippen LogP contribution in [0.25, 0.3) is 10.2 Å². The van der Waals surface area contributed by atoms with Crippen LogP contribution >= 0.6 is 11.3 Å². The lowest BCUT2D eigenvalue weighted by atomic mass is 10.1. The highest BCUT2D eigenvalue weighted by Crippen LogP contribution is 2.29. The fourth-order valence-corrected chi connectivity index (χ4v) is 4.96. The second kappa shape index (κ2) is 8.63. The van der Waals surface area contributed by atoms with E-state index in [0.717, 1.165) is 42.0 Å². The number of nitrogens with zero attached hydrogens (tertiary/aromatic N) is 2. The summed E-state index contributed by atoms with van der Waals surface area (Å²) < 4.78 is 6.92. The van der Waals surface area contributed by atoms with Crippen LogP contribution in [0.2, 0.25) is 0 Å². The van der Waals surface area contributed by atoms with Crippen LogP contribution in [0.15, 0.2) is 29.1 Å². The minimum atomic E-state index is -0.611. The molecule has 1 aliphatic heterocycles. The molecule has 0 fully saturated rings. The van der Waals surface area contributed by atoms with Crippen molar-refractivity contribution in [2.24, 2.45) is 0 Å². The molecule has 0 saturated carbocycles. The van der Waals surface area contributed by atoms with Crippen molar-refractivity contribution in [3.63, 3.8) is 0 Å². The van der Waals surface area contributed by atoms with Gasteiger partial charge in [-0.25, -0.2) is 9.78 Å². The second-order valence-corrected chi connectivity index (χ2v) is 8.78. The molecule has 4 rings (SSSR count). The zero-order valence-corrected chi connectivity index (χ0v) is 18.7. The molecule has 162 valence electrons. The molecular formula is C23H25N3O4S. The van der Waals surface area contributed by atoms with Crippen LogP contribution in [-0.2, 0) is 28.9 Å². The number of carbonyl (C=O) groups excluding carboxylic acids is 2. The van der Waals surface area contributed by atoms with Crippen molar-refractivity contribution >= 4 is 33.4 Å². The van der Waals surface area contributed by atoms with Crippen molar-refractivity contribution in [1.29, 1.82) is 0 Å². The van der Waals surface area contributed by atoms with Gasteiger partial charge in [0, 0.05) is 13.0 Å². The quantitative estimate of drug-likeness (QED) is 0.595. The average Bonchev–Trinajstić information content (AvgIpc) is 3.37. The summed E-state index contributed by atoms with van der Waals surface area (Å²) in [4.78, 5) is 43.1. The monoisotopic (exact) mass is 439 g/mol. The Labute approximate surface area is 184 Å². The van der Waals surface area contributed by atoms with E-state index < -0.39 is 5.97 Å². The van der Waals surface area contributed by atoms with Gasteiger partial charge < -0.3 is 10.1 Å². The lowest BCUT2D eigenvalue weighted by Crippen LogP contribution is -2.31. The number of ether oxygens (including phenoxy) is 1. The third-order valence-corrected chi connectivity index (χ3v) is 6.86. The Balaban J connectivity index is 1.42. The van der Waals surface area contributed by atoms with Gasteiger partial charge in [0.1, 0.15) is 15.5 Å². The molecule has 0 saturated heterocycles. The molecule has 7 nitrogen and oxygen atoms in total. The molecule has 1 aromatic carbocycles. The van der Waals surface area contributed by atoms with Crippen LogP contribution in [0, 0.1) is 6.92 Å². The van der Waals surface area contributed by atoms with E-state index in [-0.39, 0.29) is 24.1 Å². The average molecular weight is 440 g/mol. The van der Waals surface area contributed by atoms with Gasteiger partial charge in [-0.2, -0.15) is 0 Å². The van der Waals surface area contributed by atoms with E-state index in [1.807, 2.05) is 31.2 Å². The summed E-state index contributed by atoms with van der Waals surface area (Å²) in [5.41, 5.74) is 2.67. The minimum Gasteiger partial charge on any atom is -0.451 e. The maximum Gasteiger partial charge on any atom is 0.349 e. The van der Waals surface area contributed by atoms with Gasteiger partial charge in [-0.1, -0.05) is 31.2 Å². The molecule has 2 aromatic heterocycles. The van der Waals surface area contributed by atoms with Gasteiger partial charge in [0.2, 0.25) is 0 Å². The number of aryl methyl sites for hydroxylation is 3. The van der Waals surface area contributed by atoms with Crippen molar-refractivity contribution in [3.8, 4) is 0 Å². The summed E-state index contributed by atoms with van der Waals surface area (Å²) in [5, 5.41) is 3.31. The topological polar surface area (TPSA) is 90.3 Å². The Kier molecular flexibility index (Phi) is 5.91. The van der Waals surface area contributed by atoms with Crippen LogP contribution in [0.3, 0.4) is 0 Å². The Morgan fingerprint density at radius 1 is 1.29 bits per heavy atom. The summed E-state index contributed by atoms with van der Waals surface area (Å²) in [6, 6.07) is 7.84. The van der Waals surface area contributed by atoms with Gasteiger partial charge in [-0.3, -0.25) is 14.2 Å². The summed E-state index contributed by atoms with van der Waals surface area (Å²) in [6.45, 7) is 5.97. The number of benzene rings is 1. The highest BCUT2D eigenvalue weighted by atomic mass is 32.1. The van der Waals surface area contributed by atoms with Crippen molar-refractivity contribution in [1.82, 2.24) is 14.9 Å². The fraction of sp³-hybridized carbons (Fsp3) is 0.391.